The zero-order valence-corrected chi connectivity index (χ0v) is 25.7. The van der Waals surface area contributed by atoms with Gasteiger partial charge in [0, 0.05) is 53.9 Å². The van der Waals surface area contributed by atoms with Crippen molar-refractivity contribution in [3.8, 4) is 66.8 Å². The summed E-state index contributed by atoms with van der Waals surface area (Å²) in [6.45, 7) is 6.23. The van der Waals surface area contributed by atoms with E-state index in [1.54, 1.807) is 0 Å². The summed E-state index contributed by atoms with van der Waals surface area (Å²) in [6, 6.07) is 39.8. The minimum atomic E-state index is 1.13. The van der Waals surface area contributed by atoms with Crippen molar-refractivity contribution < 1.29 is 0 Å². The summed E-state index contributed by atoms with van der Waals surface area (Å²) in [5, 5.41) is 0. The van der Waals surface area contributed by atoms with Gasteiger partial charge in [-0.25, -0.2) is 0 Å². The van der Waals surface area contributed by atoms with Gasteiger partial charge in [0.1, 0.15) is 0 Å². The molecule has 0 aliphatic rings. The summed E-state index contributed by atoms with van der Waals surface area (Å²) in [4.78, 5) is 13.2. The Hall–Kier alpha value is -5.67. The quantitative estimate of drug-likeness (QED) is 0.197. The van der Waals surface area contributed by atoms with E-state index in [-0.39, 0.29) is 0 Å². The average Bonchev–Trinajstić information content (AvgIpc) is 3.08. The molecule has 0 bridgehead atoms. The fraction of sp³-hybridized carbons (Fsp3) is 0.0714. The second kappa shape index (κ2) is 12.1. The zero-order chi connectivity index (χ0) is 30.8. The highest BCUT2D eigenvalue weighted by Crippen LogP contribution is 2.35. The molecule has 0 N–H and O–H groups in total. The number of nitrogens with zero attached hydrogens (tertiary/aromatic N) is 3. The third-order valence-corrected chi connectivity index (χ3v) is 8.21. The molecule has 216 valence electrons. The molecule has 3 nitrogen and oxygen atoms in total. The van der Waals surface area contributed by atoms with E-state index < -0.39 is 0 Å². The van der Waals surface area contributed by atoms with E-state index in [2.05, 4.69) is 145 Å². The van der Waals surface area contributed by atoms with E-state index >= 15 is 0 Å². The van der Waals surface area contributed by atoms with Gasteiger partial charge in [-0.1, -0.05) is 72.8 Å². The summed E-state index contributed by atoms with van der Waals surface area (Å²) in [5.74, 6) is 0. The smallest absolute Gasteiger partial charge is 0.0346 e. The Labute approximate surface area is 265 Å². The molecule has 0 amide bonds. The molecule has 4 aromatic carbocycles. The Morgan fingerprint density at radius 3 is 0.689 bits per heavy atom. The first kappa shape index (κ1) is 28.1. The van der Waals surface area contributed by atoms with Crippen LogP contribution in [0, 0.1) is 20.8 Å². The van der Waals surface area contributed by atoms with Gasteiger partial charge in [-0.3, -0.25) is 15.0 Å². The van der Waals surface area contributed by atoms with E-state index in [9.17, 15) is 0 Å². The molecule has 0 fully saturated rings. The van der Waals surface area contributed by atoms with Crippen LogP contribution in [0.5, 0.6) is 0 Å². The van der Waals surface area contributed by atoms with Crippen molar-refractivity contribution in [1.82, 2.24) is 15.0 Å². The molecule has 0 aliphatic carbocycles. The van der Waals surface area contributed by atoms with Crippen LogP contribution in [0.4, 0.5) is 0 Å². The molecule has 45 heavy (non-hydrogen) atoms. The molecule has 0 spiro atoms. The highest BCUT2D eigenvalue weighted by atomic mass is 14.6. The standard InChI is InChI=1S/C42H33N3/c1-28-16-40(25-43-22-28)34-10-4-31(5-11-34)37-19-38(32-6-12-35(13-7-32)41-17-29(2)23-44-26-41)21-39(20-37)33-8-14-36(15-9-33)42-18-30(3)24-45-27-42/h4-27H,1-3H3. The van der Waals surface area contributed by atoms with Gasteiger partial charge in [-0.15, -0.1) is 0 Å². The van der Waals surface area contributed by atoms with Gasteiger partial charge in [-0.2, -0.15) is 0 Å². The first-order valence-corrected chi connectivity index (χ1v) is 15.2. The number of pyridine rings is 3. The SMILES string of the molecule is Cc1cncc(-c2ccc(-c3cc(-c4ccc(-c5cncc(C)c5)cc4)cc(-c4ccc(-c5cncc(C)c5)cc4)c3)cc2)c1. The van der Waals surface area contributed by atoms with Crippen LogP contribution < -0.4 is 0 Å². The molecule has 7 aromatic rings. The largest absolute Gasteiger partial charge is 0.264 e. The van der Waals surface area contributed by atoms with Crippen molar-refractivity contribution in [3.63, 3.8) is 0 Å². The Morgan fingerprint density at radius 2 is 0.467 bits per heavy atom. The number of rotatable bonds is 6. The van der Waals surface area contributed by atoms with Gasteiger partial charge in [0.25, 0.3) is 0 Å². The van der Waals surface area contributed by atoms with Crippen LogP contribution >= 0.6 is 0 Å². The average molecular weight is 580 g/mol. The number of hydrogen-bond donors (Lipinski definition) is 0. The Bertz CT molecular complexity index is 1850. The lowest BCUT2D eigenvalue weighted by molar-refractivity contribution is 1.27. The highest BCUT2D eigenvalue weighted by Gasteiger charge is 2.10. The van der Waals surface area contributed by atoms with Gasteiger partial charge in [0.2, 0.25) is 0 Å². The minimum absolute atomic E-state index is 1.13. The second-order valence-corrected chi connectivity index (χ2v) is 11.8. The van der Waals surface area contributed by atoms with Crippen molar-refractivity contribution in [2.24, 2.45) is 0 Å². The molecule has 0 saturated heterocycles. The zero-order valence-electron chi connectivity index (χ0n) is 25.7. The van der Waals surface area contributed by atoms with Gasteiger partial charge in [0.15, 0.2) is 0 Å². The van der Waals surface area contributed by atoms with Gasteiger partial charge >= 0.3 is 0 Å². The van der Waals surface area contributed by atoms with Crippen LogP contribution in [0.2, 0.25) is 0 Å². The lowest BCUT2D eigenvalue weighted by Gasteiger charge is -2.13. The fourth-order valence-corrected chi connectivity index (χ4v) is 5.83. The van der Waals surface area contributed by atoms with E-state index in [1.807, 2.05) is 37.2 Å². The van der Waals surface area contributed by atoms with Crippen molar-refractivity contribution in [2.45, 2.75) is 20.8 Å². The van der Waals surface area contributed by atoms with E-state index in [0.29, 0.717) is 0 Å². The number of hydrogen-bond acceptors (Lipinski definition) is 3. The van der Waals surface area contributed by atoms with Crippen LogP contribution in [0.25, 0.3) is 66.8 Å². The molecular formula is C42H33N3. The van der Waals surface area contributed by atoms with Crippen LogP contribution in [0.3, 0.4) is 0 Å². The van der Waals surface area contributed by atoms with Crippen molar-refractivity contribution in [1.29, 1.82) is 0 Å². The molecule has 0 aliphatic heterocycles. The summed E-state index contributed by atoms with van der Waals surface area (Å²) >= 11 is 0. The van der Waals surface area contributed by atoms with Crippen LogP contribution in [-0.2, 0) is 0 Å². The molecular weight excluding hydrogens is 546 g/mol. The molecule has 0 atom stereocenters. The molecule has 3 aromatic heterocycles. The summed E-state index contributed by atoms with van der Waals surface area (Å²) in [6.07, 6.45) is 11.4. The third-order valence-electron chi connectivity index (χ3n) is 8.21. The van der Waals surface area contributed by atoms with Crippen molar-refractivity contribution in [2.75, 3.05) is 0 Å². The molecule has 3 heteroatoms. The maximum Gasteiger partial charge on any atom is 0.0346 e. The predicted octanol–water partition coefficient (Wildman–Crippen LogP) is 10.8. The number of aryl methyl sites for hydroxylation is 3. The fourth-order valence-electron chi connectivity index (χ4n) is 5.83. The Balaban J connectivity index is 1.28. The minimum Gasteiger partial charge on any atom is -0.264 e. The Kier molecular flexibility index (Phi) is 7.59. The maximum absolute atomic E-state index is 4.38. The first-order chi connectivity index (χ1) is 22.0. The second-order valence-electron chi connectivity index (χ2n) is 11.8. The van der Waals surface area contributed by atoms with E-state index in [4.69, 9.17) is 0 Å². The monoisotopic (exact) mass is 579 g/mol. The van der Waals surface area contributed by atoms with Gasteiger partial charge in [-0.05, 0) is 124 Å². The van der Waals surface area contributed by atoms with Crippen molar-refractivity contribution in [3.05, 3.63) is 163 Å². The molecule has 0 unspecified atom stereocenters. The third kappa shape index (κ3) is 6.20. The normalized spacial score (nSPS) is 11.0. The van der Waals surface area contributed by atoms with Crippen LogP contribution in [0.1, 0.15) is 16.7 Å². The molecule has 7 rings (SSSR count). The number of aromatic nitrogens is 3. The highest BCUT2D eigenvalue weighted by molar-refractivity contribution is 5.83. The van der Waals surface area contributed by atoms with Crippen LogP contribution in [0.15, 0.2) is 146 Å². The lowest BCUT2D eigenvalue weighted by Crippen LogP contribution is -1.88. The molecule has 0 radical (unpaired) electrons. The lowest BCUT2D eigenvalue weighted by atomic mass is 9.91. The summed E-state index contributed by atoms with van der Waals surface area (Å²) in [5.41, 5.74) is 17.4. The maximum atomic E-state index is 4.38. The van der Waals surface area contributed by atoms with Gasteiger partial charge in [0.05, 0.1) is 0 Å². The molecule has 3 heterocycles. The predicted molar refractivity (Wildman–Crippen MR) is 187 cm³/mol. The van der Waals surface area contributed by atoms with Gasteiger partial charge < -0.3 is 0 Å². The topological polar surface area (TPSA) is 38.7 Å². The number of benzene rings is 4. The Morgan fingerprint density at radius 1 is 0.244 bits per heavy atom. The van der Waals surface area contributed by atoms with E-state index in [1.165, 1.54) is 33.4 Å². The first-order valence-electron chi connectivity index (χ1n) is 15.2. The van der Waals surface area contributed by atoms with Crippen LogP contribution in [-0.4, -0.2) is 15.0 Å². The summed E-state index contributed by atoms with van der Waals surface area (Å²) < 4.78 is 0. The van der Waals surface area contributed by atoms with E-state index in [0.717, 1.165) is 50.1 Å². The summed E-state index contributed by atoms with van der Waals surface area (Å²) in [7, 11) is 0. The van der Waals surface area contributed by atoms with Crippen molar-refractivity contribution >= 4 is 0 Å². The molecule has 0 saturated carbocycles.